The second kappa shape index (κ2) is 10.5. The summed E-state index contributed by atoms with van der Waals surface area (Å²) in [7, 11) is 0. The van der Waals surface area contributed by atoms with E-state index in [1.54, 1.807) is 4.90 Å². The lowest BCUT2D eigenvalue weighted by molar-refractivity contribution is -0.142. The van der Waals surface area contributed by atoms with Crippen LogP contribution in [0.5, 0.6) is 0 Å². The zero-order valence-electron chi connectivity index (χ0n) is 22.6. The van der Waals surface area contributed by atoms with Crippen molar-refractivity contribution in [2.24, 2.45) is 11.3 Å². The van der Waals surface area contributed by atoms with Gasteiger partial charge in [-0.3, -0.25) is 0 Å². The Bertz CT molecular complexity index is 1190. The summed E-state index contributed by atoms with van der Waals surface area (Å²) in [5, 5.41) is 12.0. The number of carbonyl (C=O) groups excluding carboxylic acids is 2. The molecule has 0 bridgehead atoms. The number of nitrogens with zero attached hydrogens (tertiary/aromatic N) is 1. The summed E-state index contributed by atoms with van der Waals surface area (Å²) >= 11 is 0. The first kappa shape index (κ1) is 27.0. The van der Waals surface area contributed by atoms with Crippen molar-refractivity contribution in [3.8, 4) is 11.1 Å². The first-order valence-corrected chi connectivity index (χ1v) is 13.4. The van der Waals surface area contributed by atoms with E-state index in [0.717, 1.165) is 35.1 Å². The average molecular weight is 537 g/mol. The standard InChI is InChI=1S/C30H36N2O7/c1-29(2,3)39-28(36)32-17-30(18-32)12-19(13-30)14-37-16-25(26(33)34)31-27(35)38-15-24-22-10-6-4-8-20(22)21-9-5-7-11-23(21)24/h4-11,19,24-25H,12-18H2,1-3H3,(H,31,35)(H,33,34)/t25-/m0/s1. The van der Waals surface area contributed by atoms with Gasteiger partial charge in [-0.05, 0) is 61.8 Å². The van der Waals surface area contributed by atoms with E-state index in [4.69, 9.17) is 14.2 Å². The quantitative estimate of drug-likeness (QED) is 0.505. The van der Waals surface area contributed by atoms with Crippen LogP contribution in [0.25, 0.3) is 11.1 Å². The predicted octanol–water partition coefficient (Wildman–Crippen LogP) is 4.64. The Morgan fingerprint density at radius 3 is 2.15 bits per heavy atom. The third-order valence-electron chi connectivity index (χ3n) is 7.72. The molecule has 0 aromatic heterocycles. The van der Waals surface area contributed by atoms with E-state index >= 15 is 0 Å². The zero-order chi connectivity index (χ0) is 27.8. The predicted molar refractivity (Wildman–Crippen MR) is 143 cm³/mol. The highest BCUT2D eigenvalue weighted by Crippen LogP contribution is 2.52. The van der Waals surface area contributed by atoms with E-state index < -0.39 is 23.7 Å². The number of benzene rings is 2. The number of nitrogens with one attached hydrogen (secondary N) is 1. The molecule has 1 heterocycles. The molecule has 5 rings (SSSR count). The van der Waals surface area contributed by atoms with Crippen molar-refractivity contribution in [2.75, 3.05) is 32.9 Å². The molecule has 2 fully saturated rings. The lowest BCUT2D eigenvalue weighted by Crippen LogP contribution is -2.64. The van der Waals surface area contributed by atoms with Crippen LogP contribution in [0.3, 0.4) is 0 Å². The number of alkyl carbamates (subject to hydrolysis) is 1. The number of ether oxygens (including phenoxy) is 3. The van der Waals surface area contributed by atoms with Crippen molar-refractivity contribution in [2.45, 2.75) is 51.2 Å². The number of carboxylic acid groups (broad SMARTS) is 1. The molecule has 9 nitrogen and oxygen atoms in total. The fourth-order valence-electron chi connectivity index (χ4n) is 6.07. The summed E-state index contributed by atoms with van der Waals surface area (Å²) in [5.41, 5.74) is 4.03. The Morgan fingerprint density at radius 2 is 1.59 bits per heavy atom. The highest BCUT2D eigenvalue weighted by atomic mass is 16.6. The van der Waals surface area contributed by atoms with Crippen molar-refractivity contribution in [3.63, 3.8) is 0 Å². The average Bonchev–Trinajstić information content (AvgIpc) is 3.14. The first-order chi connectivity index (χ1) is 18.5. The maximum atomic E-state index is 12.5. The number of aliphatic carboxylic acids is 1. The zero-order valence-corrected chi connectivity index (χ0v) is 22.6. The number of rotatable bonds is 8. The smallest absolute Gasteiger partial charge is 0.410 e. The van der Waals surface area contributed by atoms with Crippen molar-refractivity contribution in [1.82, 2.24) is 10.2 Å². The van der Waals surface area contributed by atoms with Gasteiger partial charge >= 0.3 is 18.2 Å². The topological polar surface area (TPSA) is 114 Å². The first-order valence-electron chi connectivity index (χ1n) is 13.4. The lowest BCUT2D eigenvalue weighted by atomic mass is 9.58. The van der Waals surface area contributed by atoms with Crippen LogP contribution in [0.15, 0.2) is 48.5 Å². The van der Waals surface area contributed by atoms with Gasteiger partial charge in [0.2, 0.25) is 0 Å². The molecule has 2 amide bonds. The second-order valence-electron chi connectivity index (χ2n) is 12.0. The van der Waals surface area contributed by atoms with E-state index in [-0.39, 0.29) is 30.6 Å². The summed E-state index contributed by atoms with van der Waals surface area (Å²) in [4.78, 5) is 38.1. The van der Waals surface area contributed by atoms with Gasteiger partial charge in [0, 0.05) is 31.0 Å². The summed E-state index contributed by atoms with van der Waals surface area (Å²) < 4.78 is 16.6. The molecule has 1 aliphatic heterocycles. The molecule has 1 spiro atoms. The maximum Gasteiger partial charge on any atom is 0.410 e. The van der Waals surface area contributed by atoms with Gasteiger partial charge in [-0.15, -0.1) is 0 Å². The van der Waals surface area contributed by atoms with Gasteiger partial charge in [-0.25, -0.2) is 14.4 Å². The molecular formula is C30H36N2O7. The van der Waals surface area contributed by atoms with E-state index in [9.17, 15) is 19.5 Å². The Hall–Kier alpha value is -3.59. The molecule has 3 aliphatic rings. The number of likely N-dealkylation sites (tertiary alicyclic amines) is 1. The number of hydrogen-bond acceptors (Lipinski definition) is 6. The third-order valence-corrected chi connectivity index (χ3v) is 7.72. The third kappa shape index (κ3) is 5.88. The van der Waals surface area contributed by atoms with Gasteiger partial charge in [0.1, 0.15) is 12.2 Å². The molecule has 9 heteroatoms. The van der Waals surface area contributed by atoms with Crippen LogP contribution < -0.4 is 5.32 Å². The van der Waals surface area contributed by atoms with Crippen molar-refractivity contribution < 1.29 is 33.7 Å². The summed E-state index contributed by atoms with van der Waals surface area (Å²) in [6, 6.07) is 14.8. The van der Waals surface area contributed by atoms with Crippen molar-refractivity contribution in [3.05, 3.63) is 59.7 Å². The molecule has 39 heavy (non-hydrogen) atoms. The minimum atomic E-state index is -1.21. The lowest BCUT2D eigenvalue weighted by Gasteiger charge is -2.58. The second-order valence-corrected chi connectivity index (χ2v) is 12.0. The Labute approximate surface area is 228 Å². The molecule has 1 saturated carbocycles. The molecule has 0 unspecified atom stereocenters. The van der Waals surface area contributed by atoms with Crippen LogP contribution in [0.4, 0.5) is 9.59 Å². The normalized spacial score (nSPS) is 18.4. The summed E-state index contributed by atoms with van der Waals surface area (Å²) in [5.74, 6) is -0.985. The fraction of sp³-hybridized carbons (Fsp3) is 0.500. The van der Waals surface area contributed by atoms with Gasteiger partial charge in [0.25, 0.3) is 0 Å². The van der Waals surface area contributed by atoms with Crippen LogP contribution in [0, 0.1) is 11.3 Å². The highest BCUT2D eigenvalue weighted by Gasteiger charge is 2.54. The van der Waals surface area contributed by atoms with Crippen LogP contribution in [0.1, 0.15) is 50.7 Å². The molecule has 208 valence electrons. The Balaban J connectivity index is 1.04. The fourth-order valence-corrected chi connectivity index (χ4v) is 6.07. The van der Waals surface area contributed by atoms with Crippen LogP contribution in [-0.2, 0) is 19.0 Å². The Kier molecular flexibility index (Phi) is 7.29. The van der Waals surface area contributed by atoms with Gasteiger partial charge in [0.15, 0.2) is 6.04 Å². The molecule has 2 aromatic carbocycles. The number of fused-ring (bicyclic) bond motifs is 3. The van der Waals surface area contributed by atoms with E-state index in [0.29, 0.717) is 25.6 Å². The van der Waals surface area contributed by atoms with E-state index in [1.165, 1.54) is 0 Å². The van der Waals surface area contributed by atoms with Gasteiger partial charge in [-0.2, -0.15) is 0 Å². The number of carboxylic acids is 1. The van der Waals surface area contributed by atoms with Crippen molar-refractivity contribution in [1.29, 1.82) is 0 Å². The largest absolute Gasteiger partial charge is 0.480 e. The molecule has 2 aliphatic carbocycles. The van der Waals surface area contributed by atoms with Gasteiger partial charge < -0.3 is 29.5 Å². The molecule has 2 aromatic rings. The van der Waals surface area contributed by atoms with Crippen LogP contribution in [0.2, 0.25) is 0 Å². The summed E-state index contributed by atoms with van der Waals surface area (Å²) in [6.07, 6.45) is 0.775. The number of amides is 2. The number of hydrogen-bond donors (Lipinski definition) is 2. The molecule has 0 radical (unpaired) electrons. The van der Waals surface area contributed by atoms with E-state index in [2.05, 4.69) is 17.4 Å². The van der Waals surface area contributed by atoms with Gasteiger partial charge in [-0.1, -0.05) is 48.5 Å². The molecular weight excluding hydrogens is 500 g/mol. The minimum absolute atomic E-state index is 0.105. The van der Waals surface area contributed by atoms with Crippen LogP contribution in [-0.4, -0.2) is 72.7 Å². The number of carbonyl (C=O) groups is 3. The maximum absolute atomic E-state index is 12.5. The van der Waals surface area contributed by atoms with Gasteiger partial charge in [0.05, 0.1) is 6.61 Å². The minimum Gasteiger partial charge on any atom is -0.480 e. The molecule has 2 N–H and O–H groups in total. The van der Waals surface area contributed by atoms with E-state index in [1.807, 2.05) is 57.2 Å². The molecule has 1 atom stereocenters. The monoisotopic (exact) mass is 536 g/mol. The highest BCUT2D eigenvalue weighted by molar-refractivity contribution is 5.81. The SMILES string of the molecule is CC(C)(C)OC(=O)N1CC2(CC(COC[C@H](NC(=O)OCC3c4ccccc4-c4ccccc43)C(=O)O)C2)C1. The van der Waals surface area contributed by atoms with Crippen molar-refractivity contribution >= 4 is 18.2 Å². The van der Waals surface area contributed by atoms with Crippen LogP contribution >= 0.6 is 0 Å². The Morgan fingerprint density at radius 1 is 1.00 bits per heavy atom. The molecule has 1 saturated heterocycles. The summed E-state index contributed by atoms with van der Waals surface area (Å²) in [6.45, 7) is 7.28.